The summed E-state index contributed by atoms with van der Waals surface area (Å²) in [7, 11) is 0. The second-order valence-corrected chi connectivity index (χ2v) is 6.36. The molecule has 1 N–H and O–H groups in total. The van der Waals surface area contributed by atoms with Crippen molar-refractivity contribution in [2.75, 3.05) is 6.54 Å². The van der Waals surface area contributed by atoms with Crippen LogP contribution in [0.1, 0.15) is 22.0 Å². The van der Waals surface area contributed by atoms with Gasteiger partial charge in [-0.3, -0.25) is 14.5 Å². The highest BCUT2D eigenvalue weighted by Crippen LogP contribution is 2.19. The van der Waals surface area contributed by atoms with Gasteiger partial charge in [0.05, 0.1) is 11.6 Å². The van der Waals surface area contributed by atoms with E-state index in [0.717, 1.165) is 10.0 Å². The Morgan fingerprint density at radius 1 is 1.45 bits per heavy atom. The average Bonchev–Trinajstić information content (AvgIpc) is 3.21. The third-order valence-corrected chi connectivity index (χ3v) is 4.33. The van der Waals surface area contributed by atoms with Gasteiger partial charge in [-0.05, 0) is 50.5 Å². The molecular formula is C15H13BrN4OS. The van der Waals surface area contributed by atoms with Crippen LogP contribution in [0, 0.1) is 0 Å². The SMILES string of the molecule is O=C(NC[C@H](c1ccsc1)n1cccn1)c1cncc(Br)c1. The van der Waals surface area contributed by atoms with Gasteiger partial charge in [-0.15, -0.1) is 0 Å². The smallest absolute Gasteiger partial charge is 0.252 e. The summed E-state index contributed by atoms with van der Waals surface area (Å²) in [4.78, 5) is 16.3. The molecular weight excluding hydrogens is 364 g/mol. The molecule has 0 radical (unpaired) electrons. The highest BCUT2D eigenvalue weighted by atomic mass is 79.9. The average molecular weight is 377 g/mol. The first-order chi connectivity index (χ1) is 10.7. The fourth-order valence-electron chi connectivity index (χ4n) is 2.12. The van der Waals surface area contributed by atoms with Gasteiger partial charge in [0.15, 0.2) is 0 Å². The fraction of sp³-hybridized carbons (Fsp3) is 0.133. The molecule has 112 valence electrons. The van der Waals surface area contributed by atoms with Crippen LogP contribution in [0.25, 0.3) is 0 Å². The van der Waals surface area contributed by atoms with Crippen LogP contribution in [-0.2, 0) is 0 Å². The van der Waals surface area contributed by atoms with Gasteiger partial charge in [0.1, 0.15) is 0 Å². The van der Waals surface area contributed by atoms with Crippen LogP contribution < -0.4 is 5.32 Å². The van der Waals surface area contributed by atoms with Crippen molar-refractivity contribution in [3.8, 4) is 0 Å². The van der Waals surface area contributed by atoms with Crippen molar-refractivity contribution < 1.29 is 4.79 Å². The second kappa shape index (κ2) is 6.85. The zero-order valence-electron chi connectivity index (χ0n) is 11.5. The van der Waals surface area contributed by atoms with E-state index >= 15 is 0 Å². The van der Waals surface area contributed by atoms with Crippen molar-refractivity contribution >= 4 is 33.2 Å². The number of rotatable bonds is 5. The molecule has 0 saturated heterocycles. The molecule has 3 aromatic rings. The molecule has 3 rings (SSSR count). The number of pyridine rings is 1. The van der Waals surface area contributed by atoms with E-state index in [2.05, 4.69) is 36.7 Å². The van der Waals surface area contributed by atoms with Gasteiger partial charge in [-0.1, -0.05) is 0 Å². The van der Waals surface area contributed by atoms with Crippen molar-refractivity contribution in [3.63, 3.8) is 0 Å². The Morgan fingerprint density at radius 3 is 3.05 bits per heavy atom. The Morgan fingerprint density at radius 2 is 2.36 bits per heavy atom. The monoisotopic (exact) mass is 376 g/mol. The van der Waals surface area contributed by atoms with Gasteiger partial charge in [-0.2, -0.15) is 16.4 Å². The lowest BCUT2D eigenvalue weighted by atomic mass is 10.1. The Balaban J connectivity index is 1.73. The summed E-state index contributed by atoms with van der Waals surface area (Å²) in [6.07, 6.45) is 6.83. The van der Waals surface area contributed by atoms with E-state index in [0.29, 0.717) is 12.1 Å². The molecule has 22 heavy (non-hydrogen) atoms. The highest BCUT2D eigenvalue weighted by Gasteiger charge is 2.16. The van der Waals surface area contributed by atoms with Crippen LogP contribution in [0.3, 0.4) is 0 Å². The zero-order chi connectivity index (χ0) is 15.4. The number of carbonyl (C=O) groups is 1. The molecule has 0 fully saturated rings. The largest absolute Gasteiger partial charge is 0.349 e. The molecule has 0 unspecified atom stereocenters. The quantitative estimate of drug-likeness (QED) is 0.743. The molecule has 1 atom stereocenters. The Kier molecular flexibility index (Phi) is 4.65. The zero-order valence-corrected chi connectivity index (χ0v) is 13.9. The van der Waals surface area contributed by atoms with E-state index < -0.39 is 0 Å². The molecule has 0 aliphatic rings. The van der Waals surface area contributed by atoms with Gasteiger partial charge in [0.25, 0.3) is 5.91 Å². The number of halogens is 1. The Labute approximate surface area is 140 Å². The maximum atomic E-state index is 12.2. The number of nitrogens with one attached hydrogen (secondary N) is 1. The number of thiophene rings is 1. The van der Waals surface area contributed by atoms with E-state index in [4.69, 9.17) is 0 Å². The number of nitrogens with zero attached hydrogens (tertiary/aromatic N) is 3. The summed E-state index contributed by atoms with van der Waals surface area (Å²) in [6.45, 7) is 0.462. The maximum Gasteiger partial charge on any atom is 0.252 e. The minimum absolute atomic E-state index is 0.0229. The van der Waals surface area contributed by atoms with E-state index in [1.807, 2.05) is 28.4 Å². The van der Waals surface area contributed by atoms with E-state index in [9.17, 15) is 4.79 Å². The maximum absolute atomic E-state index is 12.2. The number of aromatic nitrogens is 3. The van der Waals surface area contributed by atoms with Gasteiger partial charge in [-0.25, -0.2) is 0 Å². The summed E-state index contributed by atoms with van der Waals surface area (Å²) >= 11 is 4.95. The number of amides is 1. The molecule has 7 heteroatoms. The van der Waals surface area contributed by atoms with Crippen molar-refractivity contribution in [1.82, 2.24) is 20.1 Å². The molecule has 3 aromatic heterocycles. The first-order valence-corrected chi connectivity index (χ1v) is 8.37. The molecule has 3 heterocycles. The van der Waals surface area contributed by atoms with Crippen LogP contribution in [0.4, 0.5) is 0 Å². The van der Waals surface area contributed by atoms with E-state index in [-0.39, 0.29) is 11.9 Å². The lowest BCUT2D eigenvalue weighted by Gasteiger charge is -2.17. The predicted molar refractivity (Wildman–Crippen MR) is 89.0 cm³/mol. The topological polar surface area (TPSA) is 59.8 Å². The molecule has 0 spiro atoms. The Bertz CT molecular complexity index is 709. The van der Waals surface area contributed by atoms with Crippen LogP contribution >= 0.6 is 27.3 Å². The lowest BCUT2D eigenvalue weighted by Crippen LogP contribution is -2.31. The van der Waals surface area contributed by atoms with Gasteiger partial charge in [0, 0.05) is 35.8 Å². The number of hydrogen-bond acceptors (Lipinski definition) is 4. The van der Waals surface area contributed by atoms with Crippen LogP contribution in [0.2, 0.25) is 0 Å². The number of carbonyl (C=O) groups excluding carboxylic acids is 1. The summed E-state index contributed by atoms with van der Waals surface area (Å²) in [5.74, 6) is -0.152. The first-order valence-electron chi connectivity index (χ1n) is 6.64. The third-order valence-electron chi connectivity index (χ3n) is 3.20. The van der Waals surface area contributed by atoms with E-state index in [1.54, 1.807) is 36.0 Å². The molecule has 1 amide bonds. The van der Waals surface area contributed by atoms with Gasteiger partial charge < -0.3 is 5.32 Å². The molecule has 0 aromatic carbocycles. The van der Waals surface area contributed by atoms with Crippen molar-refractivity contribution in [3.05, 3.63) is 69.3 Å². The minimum Gasteiger partial charge on any atom is -0.349 e. The summed E-state index contributed by atoms with van der Waals surface area (Å²) in [6, 6.07) is 5.64. The predicted octanol–water partition coefficient (Wildman–Crippen LogP) is 3.12. The van der Waals surface area contributed by atoms with Crippen molar-refractivity contribution in [2.45, 2.75) is 6.04 Å². The normalized spacial score (nSPS) is 12.0. The lowest BCUT2D eigenvalue weighted by molar-refractivity contribution is 0.0949. The highest BCUT2D eigenvalue weighted by molar-refractivity contribution is 9.10. The van der Waals surface area contributed by atoms with Crippen molar-refractivity contribution in [2.24, 2.45) is 0 Å². The second-order valence-electron chi connectivity index (χ2n) is 4.66. The summed E-state index contributed by atoms with van der Waals surface area (Å²) in [5, 5.41) is 11.3. The fourth-order valence-corrected chi connectivity index (χ4v) is 3.19. The van der Waals surface area contributed by atoms with Crippen LogP contribution in [-0.4, -0.2) is 27.2 Å². The Hall–Kier alpha value is -1.99. The summed E-state index contributed by atoms with van der Waals surface area (Å²) < 4.78 is 2.63. The third kappa shape index (κ3) is 3.42. The molecule has 0 bridgehead atoms. The molecule has 0 aliphatic heterocycles. The molecule has 0 aliphatic carbocycles. The minimum atomic E-state index is -0.152. The van der Waals surface area contributed by atoms with Gasteiger partial charge in [0.2, 0.25) is 0 Å². The summed E-state index contributed by atoms with van der Waals surface area (Å²) in [5.41, 5.74) is 1.65. The first kappa shape index (κ1) is 14.9. The van der Waals surface area contributed by atoms with Gasteiger partial charge >= 0.3 is 0 Å². The standard InChI is InChI=1S/C15H13BrN4OS/c16-13-6-12(7-17-8-13)15(21)18-9-14(11-2-5-22-10-11)20-4-1-3-19-20/h1-8,10,14H,9H2,(H,18,21)/t14-/m1/s1. The molecule has 5 nitrogen and oxygen atoms in total. The van der Waals surface area contributed by atoms with Crippen LogP contribution in [0.15, 0.2) is 58.2 Å². The van der Waals surface area contributed by atoms with Crippen molar-refractivity contribution in [1.29, 1.82) is 0 Å². The molecule has 0 saturated carbocycles. The number of hydrogen-bond donors (Lipinski definition) is 1. The van der Waals surface area contributed by atoms with E-state index in [1.165, 1.54) is 0 Å². The van der Waals surface area contributed by atoms with Crippen LogP contribution in [0.5, 0.6) is 0 Å².